The van der Waals surface area contributed by atoms with Crippen molar-refractivity contribution in [3.63, 3.8) is 0 Å². The van der Waals surface area contributed by atoms with E-state index in [9.17, 15) is 4.79 Å². The predicted molar refractivity (Wildman–Crippen MR) is 189 cm³/mol. The molecular formula is C37H47ClFN7O. The fraction of sp³-hybridized carbons (Fsp3) is 0.486. The van der Waals surface area contributed by atoms with Crippen LogP contribution >= 0.6 is 11.6 Å². The highest BCUT2D eigenvalue weighted by Crippen LogP contribution is 2.39. The van der Waals surface area contributed by atoms with Crippen LogP contribution in [-0.2, 0) is 6.42 Å². The number of hydrogen-bond donors (Lipinski definition) is 4. The van der Waals surface area contributed by atoms with E-state index in [1.54, 1.807) is 23.8 Å². The van der Waals surface area contributed by atoms with Crippen LogP contribution in [0.5, 0.6) is 0 Å². The number of hydrogen-bond acceptors (Lipinski definition) is 5. The molecule has 0 amide bonds. The summed E-state index contributed by atoms with van der Waals surface area (Å²) in [7, 11) is 0. The highest BCUT2D eigenvalue weighted by Gasteiger charge is 2.33. The lowest BCUT2D eigenvalue weighted by molar-refractivity contribution is 0.0746. The van der Waals surface area contributed by atoms with Gasteiger partial charge in [0.15, 0.2) is 5.82 Å². The molecule has 1 saturated heterocycles. The minimum Gasteiger partial charge on any atom is -0.374 e. The number of piperidine rings is 1. The van der Waals surface area contributed by atoms with Gasteiger partial charge in [-0.3, -0.25) is 14.9 Å². The van der Waals surface area contributed by atoms with Gasteiger partial charge in [-0.25, -0.2) is 9.18 Å². The molecule has 0 bridgehead atoms. The number of aryl methyl sites for hydroxylation is 1. The minimum absolute atomic E-state index is 0.0677. The van der Waals surface area contributed by atoms with Crippen LogP contribution in [0, 0.1) is 17.1 Å². The minimum atomic E-state index is -0.503. The lowest BCUT2D eigenvalue weighted by Crippen LogP contribution is -2.44. The van der Waals surface area contributed by atoms with Gasteiger partial charge in [0.1, 0.15) is 5.65 Å². The van der Waals surface area contributed by atoms with Crippen LogP contribution in [0.4, 0.5) is 4.39 Å². The Morgan fingerprint density at radius 3 is 2.68 bits per heavy atom. The second-order valence-corrected chi connectivity index (χ2v) is 14.1. The largest absolute Gasteiger partial charge is 0.374 e. The summed E-state index contributed by atoms with van der Waals surface area (Å²) in [6.45, 7) is 5.70. The molecule has 2 aromatic carbocycles. The van der Waals surface area contributed by atoms with Crippen LogP contribution in [0.2, 0.25) is 5.02 Å². The van der Waals surface area contributed by atoms with Gasteiger partial charge in [-0.05, 0) is 119 Å². The Kier molecular flexibility index (Phi) is 10.4. The van der Waals surface area contributed by atoms with Gasteiger partial charge in [0, 0.05) is 41.8 Å². The van der Waals surface area contributed by atoms with Crippen LogP contribution in [0.15, 0.2) is 53.5 Å². The maximum atomic E-state index is 15.2. The molecule has 47 heavy (non-hydrogen) atoms. The summed E-state index contributed by atoms with van der Waals surface area (Å²) in [6, 6.07) is 14.6. The summed E-state index contributed by atoms with van der Waals surface area (Å²) in [5.74, 6) is 0.886. The monoisotopic (exact) mass is 659 g/mol. The molecule has 0 spiro atoms. The predicted octanol–water partition coefficient (Wildman–Crippen LogP) is 7.52. The fourth-order valence-electron chi connectivity index (χ4n) is 7.10. The number of amidine groups is 1. The molecule has 1 aliphatic heterocycles. The Bertz CT molecular complexity index is 1760. The molecule has 2 aromatic heterocycles. The molecule has 3 unspecified atom stereocenters. The summed E-state index contributed by atoms with van der Waals surface area (Å²) in [5.41, 5.74) is 9.73. The first-order valence-electron chi connectivity index (χ1n) is 17.2. The first-order valence-corrected chi connectivity index (χ1v) is 17.6. The van der Waals surface area contributed by atoms with Gasteiger partial charge in [-0.15, -0.1) is 0 Å². The summed E-state index contributed by atoms with van der Waals surface area (Å²) >= 11 is 6.30. The van der Waals surface area contributed by atoms with Crippen molar-refractivity contribution < 1.29 is 4.39 Å². The number of nitrogens with two attached hydrogens (primary N) is 1. The smallest absolute Gasteiger partial charge is 0.354 e. The van der Waals surface area contributed by atoms with Gasteiger partial charge in [0.2, 0.25) is 0 Å². The lowest BCUT2D eigenvalue weighted by Gasteiger charge is -2.43. The van der Waals surface area contributed by atoms with E-state index >= 15 is 4.39 Å². The average Bonchev–Trinajstić information content (AvgIpc) is 3.78. The van der Waals surface area contributed by atoms with E-state index in [-0.39, 0.29) is 11.1 Å². The lowest BCUT2D eigenvalue weighted by atomic mass is 9.89. The van der Waals surface area contributed by atoms with Crippen molar-refractivity contribution in [3.05, 3.63) is 81.1 Å². The van der Waals surface area contributed by atoms with Crippen molar-refractivity contribution in [1.29, 1.82) is 5.41 Å². The summed E-state index contributed by atoms with van der Waals surface area (Å²) in [6.07, 6.45) is 12.7. The Morgan fingerprint density at radius 2 is 1.96 bits per heavy atom. The van der Waals surface area contributed by atoms with E-state index in [0.717, 1.165) is 62.4 Å². The maximum absolute atomic E-state index is 15.2. The van der Waals surface area contributed by atoms with Crippen LogP contribution in [-0.4, -0.2) is 50.4 Å². The van der Waals surface area contributed by atoms with Crippen LogP contribution in [0.1, 0.15) is 88.8 Å². The van der Waals surface area contributed by atoms with Crippen molar-refractivity contribution in [2.45, 2.75) is 96.2 Å². The van der Waals surface area contributed by atoms with Crippen LogP contribution in [0.3, 0.4) is 0 Å². The third-order valence-electron chi connectivity index (χ3n) is 9.81. The highest BCUT2D eigenvalue weighted by molar-refractivity contribution is 6.31. The molecule has 0 radical (unpaired) electrons. The quantitative estimate of drug-likeness (QED) is 0.0876. The Hall–Kier alpha value is -3.53. The summed E-state index contributed by atoms with van der Waals surface area (Å²) in [5, 5.41) is 11.7. The molecule has 8 nitrogen and oxygen atoms in total. The number of likely N-dealkylation sites (tertiary alicyclic amines) is 1. The Labute approximate surface area is 281 Å². The molecule has 3 heterocycles. The van der Waals surface area contributed by atoms with E-state index in [1.165, 1.54) is 37.7 Å². The molecule has 5 N–H and O–H groups in total. The second kappa shape index (κ2) is 14.7. The molecule has 10 heteroatoms. The summed E-state index contributed by atoms with van der Waals surface area (Å²) < 4.78 is 16.8. The van der Waals surface area contributed by atoms with E-state index in [1.807, 2.05) is 31.2 Å². The SMILES string of the molecule is CC(=N)NCCC1CCCC(c2ccc(-n3cc4cc(-c5cc(CCCC(C)N)cc(Cl)c5F)[nH]c4nc3=O)cc2)N1CCC1CC1. The van der Waals surface area contributed by atoms with Crippen molar-refractivity contribution in [2.24, 2.45) is 11.7 Å². The molecular weight excluding hydrogens is 613 g/mol. The van der Waals surface area contributed by atoms with Gasteiger partial charge in [0.25, 0.3) is 0 Å². The summed E-state index contributed by atoms with van der Waals surface area (Å²) in [4.78, 5) is 23.4. The number of nitrogens with zero attached hydrogens (tertiary/aromatic N) is 3. The van der Waals surface area contributed by atoms with Gasteiger partial charge in [-0.2, -0.15) is 4.98 Å². The van der Waals surface area contributed by atoms with Gasteiger partial charge in [-0.1, -0.05) is 36.6 Å². The van der Waals surface area contributed by atoms with Crippen LogP contribution in [0.25, 0.3) is 28.0 Å². The van der Waals surface area contributed by atoms with Crippen molar-refractivity contribution in [1.82, 2.24) is 24.8 Å². The molecule has 4 aromatic rings. The van der Waals surface area contributed by atoms with E-state index in [2.05, 4.69) is 32.3 Å². The number of benzene rings is 2. The molecule has 1 aliphatic carbocycles. The third kappa shape index (κ3) is 8.13. The van der Waals surface area contributed by atoms with E-state index in [0.29, 0.717) is 40.2 Å². The Balaban J connectivity index is 1.23. The van der Waals surface area contributed by atoms with Crippen LogP contribution < -0.4 is 16.7 Å². The van der Waals surface area contributed by atoms with Crippen molar-refractivity contribution >= 4 is 28.5 Å². The first kappa shape index (κ1) is 33.4. The Morgan fingerprint density at radius 1 is 1.17 bits per heavy atom. The zero-order valence-corrected chi connectivity index (χ0v) is 28.3. The second-order valence-electron chi connectivity index (χ2n) is 13.7. The van der Waals surface area contributed by atoms with E-state index in [4.69, 9.17) is 22.7 Å². The van der Waals surface area contributed by atoms with E-state index < -0.39 is 11.5 Å². The topological polar surface area (TPSA) is 116 Å². The number of nitrogens with one attached hydrogen (secondary N) is 3. The number of rotatable bonds is 13. The maximum Gasteiger partial charge on any atom is 0.354 e. The molecule has 6 rings (SSSR count). The van der Waals surface area contributed by atoms with Gasteiger partial charge >= 0.3 is 5.69 Å². The molecule has 1 saturated carbocycles. The number of fused-ring (bicyclic) bond motifs is 1. The fourth-order valence-corrected chi connectivity index (χ4v) is 7.34. The number of aromatic nitrogens is 3. The standard InChI is InChI=1S/C37H47ClFN7O/c1-23(40)5-3-6-26-19-31(35(39)32(38)20-26)33-21-28-22-46(37(47)44-36(28)43-33)30-13-11-27(12-14-30)34-8-4-7-29(15-17-42-24(2)41)45(34)18-16-25-9-10-25/h11-14,19-23,25,29,34H,3-10,15-18,40H2,1-2H3,(H2,41,42)(H,43,44,47). The van der Waals surface area contributed by atoms with Gasteiger partial charge in [0.05, 0.1) is 22.2 Å². The highest BCUT2D eigenvalue weighted by atomic mass is 35.5. The molecule has 3 atom stereocenters. The number of H-pyrrole nitrogens is 1. The molecule has 250 valence electrons. The molecule has 2 aliphatic rings. The average molecular weight is 660 g/mol. The van der Waals surface area contributed by atoms with Crippen molar-refractivity contribution in [3.8, 4) is 16.9 Å². The third-order valence-corrected chi connectivity index (χ3v) is 10.1. The number of halogens is 2. The normalized spacial score (nSPS) is 19.3. The zero-order chi connectivity index (χ0) is 33.1. The van der Waals surface area contributed by atoms with Gasteiger partial charge < -0.3 is 16.0 Å². The zero-order valence-electron chi connectivity index (χ0n) is 27.5. The first-order chi connectivity index (χ1) is 22.7. The number of aromatic amines is 1. The van der Waals surface area contributed by atoms with Crippen molar-refractivity contribution in [2.75, 3.05) is 13.1 Å². The molecule has 2 fully saturated rings.